The third-order valence-corrected chi connectivity index (χ3v) is 4.01. The number of amides is 1. The summed E-state index contributed by atoms with van der Waals surface area (Å²) >= 11 is 0. The van der Waals surface area contributed by atoms with Crippen molar-refractivity contribution >= 4 is 5.91 Å². The van der Waals surface area contributed by atoms with Gasteiger partial charge in [0.2, 0.25) is 0 Å². The van der Waals surface area contributed by atoms with Crippen LogP contribution in [0.25, 0.3) is 11.3 Å². The predicted molar refractivity (Wildman–Crippen MR) is 99.3 cm³/mol. The van der Waals surface area contributed by atoms with Crippen LogP contribution in [0.15, 0.2) is 71.1 Å². The molecule has 0 aliphatic rings. The first-order valence-electron chi connectivity index (χ1n) is 8.39. The van der Waals surface area contributed by atoms with Crippen molar-refractivity contribution in [3.8, 4) is 11.3 Å². The lowest BCUT2D eigenvalue weighted by molar-refractivity contribution is 0.0902. The molecule has 1 aromatic heterocycles. The highest BCUT2D eigenvalue weighted by atomic mass is 19.1. The smallest absolute Gasteiger partial charge is 0.287 e. The maximum Gasteiger partial charge on any atom is 0.287 e. The summed E-state index contributed by atoms with van der Waals surface area (Å²) < 4.78 is 18.7. The summed E-state index contributed by atoms with van der Waals surface area (Å²) in [6.07, 6.45) is 0. The minimum Gasteiger partial charge on any atom is -0.451 e. The molecule has 2 aromatic carbocycles. The molecule has 0 unspecified atom stereocenters. The van der Waals surface area contributed by atoms with Crippen molar-refractivity contribution in [2.75, 3.05) is 20.6 Å². The number of hydrogen-bond donors (Lipinski definition) is 1. The molecule has 1 atom stereocenters. The van der Waals surface area contributed by atoms with Crippen molar-refractivity contribution in [3.63, 3.8) is 0 Å². The van der Waals surface area contributed by atoms with Gasteiger partial charge in [-0.1, -0.05) is 30.3 Å². The summed E-state index contributed by atoms with van der Waals surface area (Å²) in [5, 5.41) is 3.02. The molecule has 0 spiro atoms. The van der Waals surface area contributed by atoms with Crippen LogP contribution in [0.1, 0.15) is 22.2 Å². The molecule has 0 saturated carbocycles. The van der Waals surface area contributed by atoms with E-state index in [1.54, 1.807) is 24.3 Å². The van der Waals surface area contributed by atoms with Gasteiger partial charge in [0.25, 0.3) is 5.91 Å². The Morgan fingerprint density at radius 3 is 2.38 bits per heavy atom. The minimum absolute atomic E-state index is 0.155. The zero-order chi connectivity index (χ0) is 18.5. The van der Waals surface area contributed by atoms with Gasteiger partial charge in [-0.2, -0.15) is 0 Å². The molecule has 0 saturated heterocycles. The average molecular weight is 352 g/mol. The molecule has 134 valence electrons. The average Bonchev–Trinajstić information content (AvgIpc) is 3.12. The zero-order valence-corrected chi connectivity index (χ0v) is 14.8. The van der Waals surface area contributed by atoms with Gasteiger partial charge in [0.15, 0.2) is 5.76 Å². The molecule has 0 aliphatic heterocycles. The molecule has 0 bridgehead atoms. The van der Waals surface area contributed by atoms with Crippen LogP contribution < -0.4 is 5.32 Å². The fourth-order valence-corrected chi connectivity index (χ4v) is 2.74. The van der Waals surface area contributed by atoms with E-state index in [2.05, 4.69) is 5.32 Å². The molecule has 0 radical (unpaired) electrons. The SMILES string of the molecule is CN(C)C[C@@H](NC(=O)c1ccc(-c2ccc(F)cc2)o1)c1ccccc1. The van der Waals surface area contributed by atoms with Crippen molar-refractivity contribution in [1.29, 1.82) is 0 Å². The van der Waals surface area contributed by atoms with Crippen LogP contribution in [0.4, 0.5) is 4.39 Å². The number of likely N-dealkylation sites (N-methyl/N-ethyl adjacent to an activating group) is 1. The van der Waals surface area contributed by atoms with Crippen molar-refractivity contribution in [1.82, 2.24) is 10.2 Å². The number of furan rings is 1. The fraction of sp³-hybridized carbons (Fsp3) is 0.190. The lowest BCUT2D eigenvalue weighted by Crippen LogP contribution is -2.35. The Kier molecular flexibility index (Phi) is 5.49. The number of halogens is 1. The Morgan fingerprint density at radius 1 is 1.04 bits per heavy atom. The summed E-state index contributed by atoms with van der Waals surface area (Å²) in [6, 6.07) is 19.0. The van der Waals surface area contributed by atoms with Gasteiger partial charge in [0.1, 0.15) is 11.6 Å². The van der Waals surface area contributed by atoms with Crippen LogP contribution in [0, 0.1) is 5.82 Å². The summed E-state index contributed by atoms with van der Waals surface area (Å²) in [5.41, 5.74) is 1.75. The van der Waals surface area contributed by atoms with E-state index < -0.39 is 0 Å². The Morgan fingerprint density at radius 2 is 1.73 bits per heavy atom. The molecule has 0 aliphatic carbocycles. The van der Waals surface area contributed by atoms with E-state index in [4.69, 9.17) is 4.42 Å². The highest BCUT2D eigenvalue weighted by Crippen LogP contribution is 2.23. The number of rotatable bonds is 6. The monoisotopic (exact) mass is 352 g/mol. The van der Waals surface area contributed by atoms with Gasteiger partial charge in [-0.05, 0) is 56.1 Å². The molecule has 3 aromatic rings. The third-order valence-electron chi connectivity index (χ3n) is 4.01. The van der Waals surface area contributed by atoms with Crippen molar-refractivity contribution < 1.29 is 13.6 Å². The molecule has 1 N–H and O–H groups in total. The zero-order valence-electron chi connectivity index (χ0n) is 14.8. The van der Waals surface area contributed by atoms with Crippen LogP contribution in [0.5, 0.6) is 0 Å². The summed E-state index contributed by atoms with van der Waals surface area (Å²) in [6.45, 7) is 0.668. The number of hydrogen-bond acceptors (Lipinski definition) is 3. The maximum absolute atomic E-state index is 13.0. The third kappa shape index (κ3) is 4.37. The Labute approximate surface area is 152 Å². The van der Waals surface area contributed by atoms with Crippen molar-refractivity contribution in [2.45, 2.75) is 6.04 Å². The summed E-state index contributed by atoms with van der Waals surface area (Å²) in [5.74, 6) is 0.157. The van der Waals surface area contributed by atoms with E-state index >= 15 is 0 Å². The molecule has 1 heterocycles. The number of benzene rings is 2. The van der Waals surface area contributed by atoms with Crippen LogP contribution in [0.2, 0.25) is 0 Å². The van der Waals surface area contributed by atoms with Crippen LogP contribution in [0.3, 0.4) is 0 Å². The number of nitrogens with one attached hydrogen (secondary N) is 1. The second-order valence-corrected chi connectivity index (χ2v) is 6.37. The van der Waals surface area contributed by atoms with E-state index in [9.17, 15) is 9.18 Å². The van der Waals surface area contributed by atoms with Gasteiger partial charge in [-0.25, -0.2) is 4.39 Å². The molecule has 5 heteroatoms. The first kappa shape index (κ1) is 17.9. The second-order valence-electron chi connectivity index (χ2n) is 6.37. The Bertz CT molecular complexity index is 857. The van der Waals surface area contributed by atoms with E-state index in [1.165, 1.54) is 12.1 Å². The minimum atomic E-state index is -0.312. The topological polar surface area (TPSA) is 45.5 Å². The Hall–Kier alpha value is -2.92. The first-order valence-corrected chi connectivity index (χ1v) is 8.39. The first-order chi connectivity index (χ1) is 12.5. The maximum atomic E-state index is 13.0. The predicted octanol–water partition coefficient (Wildman–Crippen LogP) is 4.12. The van der Waals surface area contributed by atoms with E-state index in [-0.39, 0.29) is 23.5 Å². The molecule has 26 heavy (non-hydrogen) atoms. The molecule has 3 rings (SSSR count). The fourth-order valence-electron chi connectivity index (χ4n) is 2.74. The van der Waals surface area contributed by atoms with Gasteiger partial charge in [0.05, 0.1) is 6.04 Å². The lowest BCUT2D eigenvalue weighted by Gasteiger charge is -2.22. The van der Waals surface area contributed by atoms with Crippen LogP contribution in [-0.4, -0.2) is 31.4 Å². The number of carbonyl (C=O) groups excluding carboxylic acids is 1. The highest BCUT2D eigenvalue weighted by Gasteiger charge is 2.19. The molecule has 1 amide bonds. The van der Waals surface area contributed by atoms with E-state index in [1.807, 2.05) is 49.3 Å². The highest BCUT2D eigenvalue weighted by molar-refractivity contribution is 5.92. The standard InChI is InChI=1S/C21H21FN2O2/c1-24(2)14-18(15-6-4-3-5-7-15)23-21(25)20-13-12-19(26-20)16-8-10-17(22)11-9-16/h3-13,18H,14H2,1-2H3,(H,23,25)/t18-/m1/s1. The number of nitrogens with zero attached hydrogens (tertiary/aromatic N) is 1. The number of carbonyl (C=O) groups is 1. The van der Waals surface area contributed by atoms with Gasteiger partial charge < -0.3 is 14.6 Å². The van der Waals surface area contributed by atoms with Gasteiger partial charge >= 0.3 is 0 Å². The van der Waals surface area contributed by atoms with Crippen LogP contribution in [-0.2, 0) is 0 Å². The summed E-state index contributed by atoms with van der Waals surface area (Å²) in [4.78, 5) is 14.6. The molecular weight excluding hydrogens is 331 g/mol. The van der Waals surface area contributed by atoms with Gasteiger partial charge in [-0.3, -0.25) is 4.79 Å². The molecule has 4 nitrogen and oxygen atoms in total. The quantitative estimate of drug-likeness (QED) is 0.726. The Balaban J connectivity index is 1.76. The van der Waals surface area contributed by atoms with Crippen molar-refractivity contribution in [3.05, 3.63) is 83.9 Å². The van der Waals surface area contributed by atoms with Crippen LogP contribution >= 0.6 is 0 Å². The largest absolute Gasteiger partial charge is 0.451 e. The van der Waals surface area contributed by atoms with Crippen molar-refractivity contribution in [2.24, 2.45) is 0 Å². The molecule has 0 fully saturated rings. The molecular formula is C21H21FN2O2. The van der Waals surface area contributed by atoms with E-state index in [0.717, 1.165) is 11.1 Å². The van der Waals surface area contributed by atoms with Gasteiger partial charge in [0, 0.05) is 12.1 Å². The summed E-state index contributed by atoms with van der Waals surface area (Å²) in [7, 11) is 3.92. The van der Waals surface area contributed by atoms with E-state index in [0.29, 0.717) is 12.3 Å². The normalized spacial score (nSPS) is 12.2. The lowest BCUT2D eigenvalue weighted by atomic mass is 10.1. The second kappa shape index (κ2) is 7.97. The van der Waals surface area contributed by atoms with Gasteiger partial charge in [-0.15, -0.1) is 0 Å².